The number of amides is 1. The van der Waals surface area contributed by atoms with Gasteiger partial charge in [0.05, 0.1) is 18.1 Å². The van der Waals surface area contributed by atoms with Gasteiger partial charge in [0.1, 0.15) is 5.69 Å². The SMILES string of the molecule is O=C(c1cccc(F)n1)N(CCO)C1CCS(=O)(=O)C1. The van der Waals surface area contributed by atoms with Gasteiger partial charge in [-0.1, -0.05) is 6.07 Å². The highest BCUT2D eigenvalue weighted by molar-refractivity contribution is 7.91. The smallest absolute Gasteiger partial charge is 0.272 e. The minimum absolute atomic E-state index is 0.00276. The monoisotopic (exact) mass is 302 g/mol. The van der Waals surface area contributed by atoms with E-state index in [0.717, 1.165) is 6.07 Å². The average Bonchev–Trinajstić information content (AvgIpc) is 2.75. The van der Waals surface area contributed by atoms with Gasteiger partial charge in [-0.2, -0.15) is 4.39 Å². The van der Waals surface area contributed by atoms with Crippen LogP contribution in [0.4, 0.5) is 4.39 Å². The number of aromatic nitrogens is 1. The first kappa shape index (κ1) is 14.9. The fraction of sp³-hybridized carbons (Fsp3) is 0.500. The van der Waals surface area contributed by atoms with E-state index >= 15 is 0 Å². The molecule has 20 heavy (non-hydrogen) atoms. The molecule has 0 saturated carbocycles. The number of sulfone groups is 1. The lowest BCUT2D eigenvalue weighted by atomic mass is 10.2. The highest BCUT2D eigenvalue weighted by atomic mass is 32.2. The molecule has 1 unspecified atom stereocenters. The number of hydrogen-bond acceptors (Lipinski definition) is 5. The lowest BCUT2D eigenvalue weighted by Gasteiger charge is -2.27. The molecule has 1 amide bonds. The molecule has 1 aliphatic rings. The van der Waals surface area contributed by atoms with Crippen molar-refractivity contribution in [2.75, 3.05) is 24.7 Å². The zero-order valence-corrected chi connectivity index (χ0v) is 11.5. The van der Waals surface area contributed by atoms with Crippen LogP contribution in [0.25, 0.3) is 0 Å². The lowest BCUT2D eigenvalue weighted by Crippen LogP contribution is -2.43. The maximum Gasteiger partial charge on any atom is 0.272 e. The van der Waals surface area contributed by atoms with Crippen LogP contribution in [0, 0.1) is 5.95 Å². The van der Waals surface area contributed by atoms with Gasteiger partial charge in [0.25, 0.3) is 5.91 Å². The van der Waals surface area contributed by atoms with Crippen molar-refractivity contribution < 1.29 is 22.7 Å². The molecule has 1 aromatic heterocycles. The Morgan fingerprint density at radius 2 is 2.25 bits per heavy atom. The molecule has 0 aromatic carbocycles. The van der Waals surface area contributed by atoms with E-state index < -0.39 is 27.7 Å². The maximum atomic E-state index is 13.0. The molecule has 1 aromatic rings. The topological polar surface area (TPSA) is 87.6 Å². The van der Waals surface area contributed by atoms with Crippen molar-refractivity contribution in [1.82, 2.24) is 9.88 Å². The van der Waals surface area contributed by atoms with E-state index in [9.17, 15) is 17.6 Å². The summed E-state index contributed by atoms with van der Waals surface area (Å²) >= 11 is 0. The third kappa shape index (κ3) is 3.31. The number of hydrogen-bond donors (Lipinski definition) is 1. The Labute approximate surface area is 116 Å². The average molecular weight is 302 g/mol. The number of aliphatic hydroxyl groups excluding tert-OH is 1. The number of pyridine rings is 1. The molecule has 110 valence electrons. The Bertz CT molecular complexity index is 605. The van der Waals surface area contributed by atoms with Crippen molar-refractivity contribution in [3.8, 4) is 0 Å². The Hall–Kier alpha value is -1.54. The molecular weight excluding hydrogens is 287 g/mol. The quantitative estimate of drug-likeness (QED) is 0.781. The van der Waals surface area contributed by atoms with Crippen molar-refractivity contribution in [3.63, 3.8) is 0 Å². The number of aliphatic hydroxyl groups is 1. The summed E-state index contributed by atoms with van der Waals surface area (Å²) in [5.41, 5.74) is -0.0947. The molecule has 1 aliphatic heterocycles. The zero-order chi connectivity index (χ0) is 14.8. The lowest BCUT2D eigenvalue weighted by molar-refractivity contribution is 0.0648. The summed E-state index contributed by atoms with van der Waals surface area (Å²) in [6, 6.07) is 3.34. The van der Waals surface area contributed by atoms with Crippen LogP contribution in [0.3, 0.4) is 0 Å². The van der Waals surface area contributed by atoms with Crippen molar-refractivity contribution >= 4 is 15.7 Å². The molecule has 1 saturated heterocycles. The number of nitrogens with zero attached hydrogens (tertiary/aromatic N) is 2. The molecule has 2 heterocycles. The molecular formula is C12H15FN2O4S. The van der Waals surface area contributed by atoms with Crippen LogP contribution in [0.2, 0.25) is 0 Å². The Kier molecular flexibility index (Phi) is 4.34. The molecule has 0 radical (unpaired) electrons. The highest BCUT2D eigenvalue weighted by Gasteiger charge is 2.35. The largest absolute Gasteiger partial charge is 0.395 e. The van der Waals surface area contributed by atoms with Crippen LogP contribution in [0.1, 0.15) is 16.9 Å². The zero-order valence-electron chi connectivity index (χ0n) is 10.7. The molecule has 6 nitrogen and oxygen atoms in total. The summed E-state index contributed by atoms with van der Waals surface area (Å²) in [6.07, 6.45) is 0.323. The van der Waals surface area contributed by atoms with Crippen molar-refractivity contribution in [2.45, 2.75) is 12.5 Å². The van der Waals surface area contributed by atoms with E-state index in [1.807, 2.05) is 0 Å². The summed E-state index contributed by atoms with van der Waals surface area (Å²) in [5, 5.41) is 9.04. The molecule has 1 N–H and O–H groups in total. The summed E-state index contributed by atoms with van der Waals surface area (Å²) in [6.45, 7) is -0.297. The first-order chi connectivity index (χ1) is 9.43. The van der Waals surface area contributed by atoms with Gasteiger partial charge in [0, 0.05) is 12.6 Å². The van der Waals surface area contributed by atoms with Gasteiger partial charge in [-0.25, -0.2) is 13.4 Å². The van der Waals surface area contributed by atoms with Crippen LogP contribution >= 0.6 is 0 Å². The molecule has 1 atom stereocenters. The summed E-state index contributed by atoms with van der Waals surface area (Å²) in [7, 11) is -3.15. The van der Waals surface area contributed by atoms with Crippen LogP contribution in [-0.2, 0) is 9.84 Å². The van der Waals surface area contributed by atoms with Gasteiger partial charge in [-0.15, -0.1) is 0 Å². The number of carbonyl (C=O) groups excluding carboxylic acids is 1. The van der Waals surface area contributed by atoms with Gasteiger partial charge >= 0.3 is 0 Å². The van der Waals surface area contributed by atoms with Gasteiger partial charge in [-0.3, -0.25) is 4.79 Å². The second kappa shape index (κ2) is 5.84. The fourth-order valence-corrected chi connectivity index (χ4v) is 3.98. The van der Waals surface area contributed by atoms with Gasteiger partial charge in [0.15, 0.2) is 9.84 Å². The van der Waals surface area contributed by atoms with E-state index in [2.05, 4.69) is 4.98 Å². The molecule has 0 spiro atoms. The van der Waals surface area contributed by atoms with Crippen molar-refractivity contribution in [2.24, 2.45) is 0 Å². The van der Waals surface area contributed by atoms with Gasteiger partial charge in [0.2, 0.25) is 5.95 Å². The van der Waals surface area contributed by atoms with Gasteiger partial charge < -0.3 is 10.0 Å². The minimum Gasteiger partial charge on any atom is -0.395 e. The van der Waals surface area contributed by atoms with E-state index in [1.165, 1.54) is 17.0 Å². The first-order valence-corrected chi connectivity index (χ1v) is 8.00. The predicted molar refractivity (Wildman–Crippen MR) is 69.4 cm³/mol. The molecule has 8 heteroatoms. The first-order valence-electron chi connectivity index (χ1n) is 6.18. The Morgan fingerprint density at radius 1 is 1.50 bits per heavy atom. The molecule has 0 aliphatic carbocycles. The molecule has 2 rings (SSSR count). The third-order valence-corrected chi connectivity index (χ3v) is 4.94. The Balaban J connectivity index is 2.22. The second-order valence-corrected chi connectivity index (χ2v) is 6.85. The van der Waals surface area contributed by atoms with Crippen LogP contribution in [0.5, 0.6) is 0 Å². The summed E-state index contributed by atoms with van der Waals surface area (Å²) < 4.78 is 36.0. The summed E-state index contributed by atoms with van der Waals surface area (Å²) in [5.74, 6) is -1.46. The van der Waals surface area contributed by atoms with Crippen LogP contribution in [0.15, 0.2) is 18.2 Å². The van der Waals surface area contributed by atoms with E-state index in [0.29, 0.717) is 6.42 Å². The normalized spacial score (nSPS) is 20.8. The van der Waals surface area contributed by atoms with Crippen molar-refractivity contribution in [1.29, 1.82) is 0 Å². The van der Waals surface area contributed by atoms with Crippen molar-refractivity contribution in [3.05, 3.63) is 29.8 Å². The standard InChI is InChI=1S/C12H15FN2O4S/c13-11-3-1-2-10(14-11)12(17)15(5-6-16)9-4-7-20(18,19)8-9/h1-3,9,16H,4-8H2. The predicted octanol–water partition coefficient (Wildman–Crippen LogP) is -0.158. The molecule has 0 bridgehead atoms. The molecule has 1 fully saturated rings. The summed E-state index contributed by atoms with van der Waals surface area (Å²) in [4.78, 5) is 17.0. The Morgan fingerprint density at radius 3 is 2.80 bits per heavy atom. The second-order valence-electron chi connectivity index (χ2n) is 4.62. The number of rotatable bonds is 4. The maximum absolute atomic E-state index is 13.0. The highest BCUT2D eigenvalue weighted by Crippen LogP contribution is 2.19. The third-order valence-electron chi connectivity index (χ3n) is 3.19. The van der Waals surface area contributed by atoms with E-state index in [4.69, 9.17) is 5.11 Å². The number of carbonyl (C=O) groups is 1. The van der Waals surface area contributed by atoms with E-state index in [-0.39, 0.29) is 30.4 Å². The number of halogens is 1. The van der Waals surface area contributed by atoms with Gasteiger partial charge in [-0.05, 0) is 18.6 Å². The van der Waals surface area contributed by atoms with E-state index in [1.54, 1.807) is 0 Å². The minimum atomic E-state index is -3.15. The van der Waals surface area contributed by atoms with Crippen LogP contribution < -0.4 is 0 Å². The van der Waals surface area contributed by atoms with Crippen LogP contribution in [-0.4, -0.2) is 60.0 Å². The fourth-order valence-electron chi connectivity index (χ4n) is 2.25.